The van der Waals surface area contributed by atoms with Gasteiger partial charge in [0.2, 0.25) is 0 Å². The molecule has 7 heteroatoms. The third-order valence-electron chi connectivity index (χ3n) is 7.02. The average molecular weight is 645 g/mol. The van der Waals surface area contributed by atoms with Gasteiger partial charge in [0.05, 0.1) is 28.5 Å². The van der Waals surface area contributed by atoms with Crippen molar-refractivity contribution in [1.82, 2.24) is 4.90 Å². The zero-order valence-electron chi connectivity index (χ0n) is 22.4. The summed E-state index contributed by atoms with van der Waals surface area (Å²) in [5, 5.41) is 9.26. The van der Waals surface area contributed by atoms with E-state index in [4.69, 9.17) is 9.47 Å². The molecule has 38 heavy (non-hydrogen) atoms. The summed E-state index contributed by atoms with van der Waals surface area (Å²) >= 11 is 7.26. The number of methoxy groups -OCH3 is 1. The molecule has 1 heterocycles. The van der Waals surface area contributed by atoms with Gasteiger partial charge in [-0.15, -0.1) is 0 Å². The van der Waals surface area contributed by atoms with Gasteiger partial charge in [-0.1, -0.05) is 50.1 Å². The van der Waals surface area contributed by atoms with E-state index in [1.807, 2.05) is 12.1 Å². The number of halogens is 2. The Labute approximate surface area is 242 Å². The molecular formula is C31H35Br2NO4. The summed E-state index contributed by atoms with van der Waals surface area (Å²) in [6, 6.07) is 16.6. The van der Waals surface area contributed by atoms with Crippen LogP contribution in [0.4, 0.5) is 0 Å². The molecule has 202 valence electrons. The molecular weight excluding hydrogens is 610 g/mol. The first-order valence-electron chi connectivity index (χ1n) is 13.1. The van der Waals surface area contributed by atoms with Crippen LogP contribution in [-0.4, -0.2) is 36.2 Å². The van der Waals surface area contributed by atoms with Crippen molar-refractivity contribution >= 4 is 37.8 Å². The molecule has 3 aromatic rings. The number of carboxylic acids is 1. The van der Waals surface area contributed by atoms with E-state index in [1.54, 1.807) is 7.11 Å². The predicted octanol–water partition coefficient (Wildman–Crippen LogP) is 8.65. The molecule has 1 aliphatic rings. The number of hydrogen-bond donors (Lipinski definition) is 1. The van der Waals surface area contributed by atoms with Crippen LogP contribution in [0.1, 0.15) is 72.9 Å². The summed E-state index contributed by atoms with van der Waals surface area (Å²) in [6.07, 6.45) is 3.52. The first-order chi connectivity index (χ1) is 18.2. The number of aliphatic carboxylic acids is 1. The number of rotatable bonds is 9. The van der Waals surface area contributed by atoms with Crippen LogP contribution >= 0.6 is 31.9 Å². The maximum atomic E-state index is 11.3. The Kier molecular flexibility index (Phi) is 9.55. The first kappa shape index (κ1) is 28.7. The lowest BCUT2D eigenvalue weighted by molar-refractivity contribution is -0.136. The van der Waals surface area contributed by atoms with E-state index in [9.17, 15) is 9.90 Å². The maximum Gasteiger partial charge on any atom is 0.307 e. The van der Waals surface area contributed by atoms with Gasteiger partial charge in [-0.25, -0.2) is 0 Å². The van der Waals surface area contributed by atoms with E-state index < -0.39 is 5.97 Å². The van der Waals surface area contributed by atoms with Crippen molar-refractivity contribution in [2.45, 2.75) is 58.4 Å². The Morgan fingerprint density at radius 1 is 0.974 bits per heavy atom. The van der Waals surface area contributed by atoms with E-state index in [0.29, 0.717) is 20.3 Å². The second-order valence-electron chi connectivity index (χ2n) is 10.3. The number of likely N-dealkylation sites (tertiary alicyclic amines) is 1. The molecule has 0 amide bonds. The van der Waals surface area contributed by atoms with Gasteiger partial charge < -0.3 is 14.6 Å². The van der Waals surface area contributed by atoms with Crippen molar-refractivity contribution in [2.75, 3.05) is 20.2 Å². The van der Waals surface area contributed by atoms with E-state index in [2.05, 4.69) is 93.9 Å². The lowest BCUT2D eigenvalue weighted by Crippen LogP contribution is -2.34. The number of piperidine rings is 1. The molecule has 0 radical (unpaired) electrons. The maximum absolute atomic E-state index is 11.3. The molecule has 0 bridgehead atoms. The summed E-state index contributed by atoms with van der Waals surface area (Å²) in [5.41, 5.74) is 5.26. The number of benzene rings is 3. The molecule has 1 N–H and O–H groups in total. The Hall–Kier alpha value is -2.35. The first-order valence-corrected chi connectivity index (χ1v) is 14.7. The van der Waals surface area contributed by atoms with Gasteiger partial charge in [-0.3, -0.25) is 9.69 Å². The molecule has 0 spiro atoms. The lowest BCUT2D eigenvalue weighted by atomic mass is 9.90. The van der Waals surface area contributed by atoms with E-state index >= 15 is 0 Å². The smallest absolute Gasteiger partial charge is 0.307 e. The quantitative estimate of drug-likeness (QED) is 0.253. The van der Waals surface area contributed by atoms with Crippen LogP contribution in [0.25, 0.3) is 0 Å². The van der Waals surface area contributed by atoms with Crippen molar-refractivity contribution in [3.63, 3.8) is 0 Å². The Balaban J connectivity index is 1.90. The van der Waals surface area contributed by atoms with Crippen molar-refractivity contribution in [3.8, 4) is 17.2 Å². The minimum atomic E-state index is -0.876. The topological polar surface area (TPSA) is 59.0 Å². The van der Waals surface area contributed by atoms with Gasteiger partial charge in [0.25, 0.3) is 0 Å². The van der Waals surface area contributed by atoms with Crippen LogP contribution in [0, 0.1) is 6.92 Å². The zero-order chi connectivity index (χ0) is 27.4. The number of carboxylic acid groups (broad SMARTS) is 1. The van der Waals surface area contributed by atoms with Gasteiger partial charge in [0, 0.05) is 11.1 Å². The Bertz CT molecular complexity index is 1280. The van der Waals surface area contributed by atoms with Gasteiger partial charge in [0.15, 0.2) is 5.75 Å². The van der Waals surface area contributed by atoms with Crippen LogP contribution in [0.3, 0.4) is 0 Å². The molecule has 1 fully saturated rings. The summed E-state index contributed by atoms with van der Waals surface area (Å²) in [4.78, 5) is 13.8. The van der Waals surface area contributed by atoms with Gasteiger partial charge in [0.1, 0.15) is 11.5 Å². The molecule has 1 atom stereocenters. The molecule has 1 unspecified atom stereocenters. The Morgan fingerprint density at radius 2 is 1.63 bits per heavy atom. The highest BCUT2D eigenvalue weighted by atomic mass is 79.9. The number of hydrogen-bond acceptors (Lipinski definition) is 4. The highest BCUT2D eigenvalue weighted by molar-refractivity contribution is 9.11. The molecule has 1 aliphatic heterocycles. The highest BCUT2D eigenvalue weighted by Gasteiger charge is 2.29. The molecule has 0 aromatic heterocycles. The van der Waals surface area contributed by atoms with Crippen molar-refractivity contribution in [3.05, 3.63) is 85.3 Å². The SMILES string of the molecule is COc1cc(C(c2cccc(C)c2)N2CCCCC2)c(Oc2c(Br)cc(CC(=O)O)cc2Br)cc1C(C)C. The van der Waals surface area contributed by atoms with Gasteiger partial charge >= 0.3 is 5.97 Å². The van der Waals surface area contributed by atoms with Crippen LogP contribution < -0.4 is 9.47 Å². The summed E-state index contributed by atoms with van der Waals surface area (Å²) in [7, 11) is 1.72. The van der Waals surface area contributed by atoms with Crippen molar-refractivity contribution in [1.29, 1.82) is 0 Å². The Morgan fingerprint density at radius 3 is 2.21 bits per heavy atom. The van der Waals surface area contributed by atoms with Crippen LogP contribution in [0.5, 0.6) is 17.2 Å². The largest absolute Gasteiger partial charge is 0.496 e. The molecule has 4 rings (SSSR count). The second-order valence-corrected chi connectivity index (χ2v) is 12.0. The van der Waals surface area contributed by atoms with Crippen LogP contribution in [0.15, 0.2) is 57.5 Å². The third kappa shape index (κ3) is 6.61. The van der Waals surface area contributed by atoms with E-state index in [-0.39, 0.29) is 18.4 Å². The molecule has 3 aromatic carbocycles. The fourth-order valence-corrected chi connectivity index (χ4v) is 6.66. The van der Waals surface area contributed by atoms with Gasteiger partial charge in [-0.05, 0) is 106 Å². The lowest BCUT2D eigenvalue weighted by Gasteiger charge is -2.36. The fraction of sp³-hybridized carbons (Fsp3) is 0.387. The minimum absolute atomic E-state index is 0.00384. The standard InChI is InChI=1S/C31H35Br2NO4/c1-19(2)23-17-28(38-31-25(32)14-21(15-26(31)33)16-29(35)36)24(18-27(23)37-4)30(34-11-6-5-7-12-34)22-10-8-9-20(3)13-22/h8-10,13-15,17-19,30H,5-7,11-12,16H2,1-4H3,(H,35,36). The average Bonchev–Trinajstić information content (AvgIpc) is 2.87. The number of carbonyl (C=O) groups is 1. The monoisotopic (exact) mass is 643 g/mol. The highest BCUT2D eigenvalue weighted by Crippen LogP contribution is 2.46. The molecule has 1 saturated heterocycles. The van der Waals surface area contributed by atoms with E-state index in [1.165, 1.54) is 30.4 Å². The second kappa shape index (κ2) is 12.7. The summed E-state index contributed by atoms with van der Waals surface area (Å²) in [6.45, 7) is 8.46. The predicted molar refractivity (Wildman–Crippen MR) is 159 cm³/mol. The van der Waals surface area contributed by atoms with E-state index in [0.717, 1.165) is 35.7 Å². The molecule has 5 nitrogen and oxygen atoms in total. The van der Waals surface area contributed by atoms with Gasteiger partial charge in [-0.2, -0.15) is 0 Å². The minimum Gasteiger partial charge on any atom is -0.496 e. The molecule has 0 aliphatic carbocycles. The summed E-state index contributed by atoms with van der Waals surface area (Å²) < 4.78 is 14.0. The van der Waals surface area contributed by atoms with Crippen LogP contribution in [0.2, 0.25) is 0 Å². The fourth-order valence-electron chi connectivity index (χ4n) is 5.22. The molecule has 0 saturated carbocycles. The van der Waals surface area contributed by atoms with Crippen molar-refractivity contribution < 1.29 is 19.4 Å². The van der Waals surface area contributed by atoms with Crippen molar-refractivity contribution in [2.24, 2.45) is 0 Å². The number of nitrogens with zero attached hydrogens (tertiary/aromatic N) is 1. The van der Waals surface area contributed by atoms with Crippen LogP contribution in [-0.2, 0) is 11.2 Å². The number of ether oxygens (including phenoxy) is 2. The summed E-state index contributed by atoms with van der Waals surface area (Å²) in [5.74, 6) is 1.59. The normalized spacial score (nSPS) is 14.9. The third-order valence-corrected chi connectivity index (χ3v) is 8.20. The number of aryl methyl sites for hydroxylation is 1. The zero-order valence-corrected chi connectivity index (χ0v) is 25.6.